The minimum Gasteiger partial charge on any atom is -0.192 e. The van der Waals surface area contributed by atoms with Crippen LogP contribution in [-0.4, -0.2) is 20.4 Å². The first-order valence-electron chi connectivity index (χ1n) is 15.9. The smallest absolute Gasteiger partial charge is 0.0991 e. The summed E-state index contributed by atoms with van der Waals surface area (Å²) in [4.78, 5) is 0. The van der Waals surface area contributed by atoms with Crippen LogP contribution in [0.15, 0.2) is 48.5 Å². The topological polar surface area (TPSA) is 99.1 Å². The Labute approximate surface area is 269 Å². The Kier molecular flexibility index (Phi) is 26.2. The molecule has 44 heavy (non-hydrogen) atoms. The monoisotopic (exact) mass is 596 g/mol. The highest BCUT2D eigenvalue weighted by molar-refractivity contribution is 5.66. The Hall–Kier alpha value is -4.42. The summed E-state index contributed by atoms with van der Waals surface area (Å²) in [5.74, 6) is 0. The fraction of sp³-hybridized carbons (Fsp3) is 0.421. The van der Waals surface area contributed by atoms with Gasteiger partial charge in [-0.2, -0.15) is 20.7 Å². The molecule has 4 rings (SSSR count). The van der Waals surface area contributed by atoms with Crippen molar-refractivity contribution in [2.45, 2.75) is 111 Å². The van der Waals surface area contributed by atoms with Crippen LogP contribution in [-0.2, 0) is 0 Å². The molecule has 0 spiro atoms. The fourth-order valence-electron chi connectivity index (χ4n) is 3.44. The number of aromatic nitrogens is 4. The van der Waals surface area contributed by atoms with Gasteiger partial charge in [-0.25, -0.2) is 0 Å². The molecule has 0 aliphatic rings. The van der Waals surface area contributed by atoms with Gasteiger partial charge in [0.2, 0.25) is 0 Å². The number of benzene rings is 2. The maximum atomic E-state index is 8.89. The normalized spacial score (nSPS) is 8.41. The van der Waals surface area contributed by atoms with Crippen molar-refractivity contribution in [1.29, 1.82) is 10.5 Å². The van der Waals surface area contributed by atoms with Gasteiger partial charge in [0, 0.05) is 11.1 Å². The molecule has 0 bridgehead atoms. The third kappa shape index (κ3) is 13.3. The van der Waals surface area contributed by atoms with E-state index in [1.807, 2.05) is 141 Å². The van der Waals surface area contributed by atoms with Gasteiger partial charge in [-0.1, -0.05) is 93.5 Å². The molecule has 0 N–H and O–H groups in total. The molecule has 2 aromatic heterocycles. The lowest BCUT2D eigenvalue weighted by atomic mass is 10.0. The van der Waals surface area contributed by atoms with Gasteiger partial charge in [-0.3, -0.25) is 0 Å². The second kappa shape index (κ2) is 26.2. The van der Waals surface area contributed by atoms with Crippen LogP contribution in [0, 0.1) is 64.2 Å². The first-order chi connectivity index (χ1) is 21.3. The van der Waals surface area contributed by atoms with Gasteiger partial charge in [-0.05, 0) is 88.1 Å². The number of aryl methyl sites for hydroxylation is 2. The maximum Gasteiger partial charge on any atom is 0.0991 e. The lowest BCUT2D eigenvalue weighted by Gasteiger charge is -2.08. The van der Waals surface area contributed by atoms with Crippen molar-refractivity contribution in [2.75, 3.05) is 0 Å². The minimum absolute atomic E-state index is 0.641. The molecule has 6 heteroatoms. The third-order valence-electron chi connectivity index (χ3n) is 6.07. The molecule has 0 aliphatic carbocycles. The van der Waals surface area contributed by atoms with E-state index in [1.165, 1.54) is 5.56 Å². The zero-order valence-electron chi connectivity index (χ0n) is 30.3. The van der Waals surface area contributed by atoms with Gasteiger partial charge >= 0.3 is 0 Å². The van der Waals surface area contributed by atoms with Gasteiger partial charge in [0.25, 0.3) is 0 Å². The minimum atomic E-state index is 0.641. The lowest BCUT2D eigenvalue weighted by Crippen LogP contribution is -1.99. The molecular formula is C38H56N6. The van der Waals surface area contributed by atoms with Crippen LogP contribution in [0.2, 0.25) is 0 Å². The highest BCUT2D eigenvalue weighted by Crippen LogP contribution is 2.25. The number of hydrogen-bond donors (Lipinski definition) is 0. The van der Waals surface area contributed by atoms with E-state index in [1.54, 1.807) is 18.2 Å². The average molecular weight is 597 g/mol. The van der Waals surface area contributed by atoms with Crippen LogP contribution in [0.5, 0.6) is 0 Å². The molecule has 0 amide bonds. The van der Waals surface area contributed by atoms with E-state index in [0.717, 1.165) is 50.6 Å². The molecular weight excluding hydrogens is 540 g/mol. The SMILES string of the molecule is CC.CC.CC.CC.CC.Cc1nnc(-c2ccc(C#N)cc2)c(C)c1C.Cc1nnc(-c2cccc(C#N)c2)c(C)c1C. The first-order valence-corrected chi connectivity index (χ1v) is 15.9. The van der Waals surface area contributed by atoms with Gasteiger partial charge in [-0.15, -0.1) is 10.2 Å². The van der Waals surface area contributed by atoms with Gasteiger partial charge < -0.3 is 0 Å². The predicted molar refractivity (Wildman–Crippen MR) is 190 cm³/mol. The van der Waals surface area contributed by atoms with Crippen molar-refractivity contribution in [3.05, 3.63) is 93.3 Å². The first kappa shape index (κ1) is 44.0. The zero-order valence-corrected chi connectivity index (χ0v) is 30.3. The van der Waals surface area contributed by atoms with Gasteiger partial charge in [0.05, 0.1) is 46.0 Å². The van der Waals surface area contributed by atoms with Crippen LogP contribution in [0.1, 0.15) is 114 Å². The Morgan fingerprint density at radius 3 is 1.20 bits per heavy atom. The second-order valence-electron chi connectivity index (χ2n) is 8.15. The molecule has 0 radical (unpaired) electrons. The van der Waals surface area contributed by atoms with Crippen molar-refractivity contribution in [3.8, 4) is 34.7 Å². The highest BCUT2D eigenvalue weighted by atomic mass is 15.1. The molecule has 6 nitrogen and oxygen atoms in total. The molecule has 4 aromatic rings. The maximum absolute atomic E-state index is 8.89. The number of rotatable bonds is 2. The van der Waals surface area contributed by atoms with Gasteiger partial charge in [0.1, 0.15) is 0 Å². The predicted octanol–water partition coefficient (Wildman–Crippen LogP) is 11.0. The lowest BCUT2D eigenvalue weighted by molar-refractivity contribution is 0.951. The van der Waals surface area contributed by atoms with Crippen molar-refractivity contribution >= 4 is 0 Å². The molecule has 0 saturated heterocycles. The van der Waals surface area contributed by atoms with E-state index in [2.05, 4.69) is 32.5 Å². The third-order valence-corrected chi connectivity index (χ3v) is 6.07. The van der Waals surface area contributed by atoms with Crippen LogP contribution >= 0.6 is 0 Å². The molecule has 0 aliphatic heterocycles. The van der Waals surface area contributed by atoms with E-state index >= 15 is 0 Å². The van der Waals surface area contributed by atoms with E-state index in [0.29, 0.717) is 11.1 Å². The number of nitrogens with zero attached hydrogens (tertiary/aromatic N) is 6. The van der Waals surface area contributed by atoms with E-state index in [9.17, 15) is 0 Å². The summed E-state index contributed by atoms with van der Waals surface area (Å²) in [5, 5.41) is 34.4. The molecule has 238 valence electrons. The Balaban J connectivity index is -0.000000595. The largest absolute Gasteiger partial charge is 0.192 e. The summed E-state index contributed by atoms with van der Waals surface area (Å²) in [6.07, 6.45) is 0. The number of nitriles is 2. The van der Waals surface area contributed by atoms with Gasteiger partial charge in [0.15, 0.2) is 0 Å². The average Bonchev–Trinajstić information content (AvgIpc) is 3.11. The highest BCUT2D eigenvalue weighted by Gasteiger charge is 2.10. The Bertz CT molecular complexity index is 1430. The second-order valence-corrected chi connectivity index (χ2v) is 8.15. The van der Waals surface area contributed by atoms with E-state index in [-0.39, 0.29) is 0 Å². The zero-order chi connectivity index (χ0) is 34.8. The van der Waals surface area contributed by atoms with Crippen molar-refractivity contribution in [3.63, 3.8) is 0 Å². The molecule has 0 fully saturated rings. The Morgan fingerprint density at radius 1 is 0.432 bits per heavy atom. The standard InChI is InChI=1S/2C14H13N3.5C2H6/c1-9-10(2)14(17-16-11(9)3)13-6-4-12(8-15)5-7-13;1-9-10(2)14(17-16-11(9)3)13-6-4-5-12(7-13)8-15;5*1-2/h2*4-7H,1-3H3;5*1-2H3. The molecule has 0 unspecified atom stereocenters. The summed E-state index contributed by atoms with van der Waals surface area (Å²) < 4.78 is 0. The summed E-state index contributed by atoms with van der Waals surface area (Å²) in [6, 6.07) is 19.1. The molecule has 0 saturated carbocycles. The summed E-state index contributed by atoms with van der Waals surface area (Å²) in [5.41, 5.74) is 11.5. The van der Waals surface area contributed by atoms with Crippen molar-refractivity contribution in [1.82, 2.24) is 20.4 Å². The molecule has 2 heterocycles. The Morgan fingerprint density at radius 2 is 0.818 bits per heavy atom. The van der Waals surface area contributed by atoms with Crippen LogP contribution in [0.25, 0.3) is 22.5 Å². The fourth-order valence-corrected chi connectivity index (χ4v) is 3.44. The van der Waals surface area contributed by atoms with Crippen LogP contribution < -0.4 is 0 Å². The number of hydrogen-bond acceptors (Lipinski definition) is 6. The van der Waals surface area contributed by atoms with Crippen LogP contribution in [0.4, 0.5) is 0 Å². The summed E-state index contributed by atoms with van der Waals surface area (Å²) in [7, 11) is 0. The quantitative estimate of drug-likeness (QED) is 0.228. The summed E-state index contributed by atoms with van der Waals surface area (Å²) >= 11 is 0. The van der Waals surface area contributed by atoms with Crippen molar-refractivity contribution < 1.29 is 0 Å². The van der Waals surface area contributed by atoms with E-state index < -0.39 is 0 Å². The van der Waals surface area contributed by atoms with Crippen LogP contribution in [0.3, 0.4) is 0 Å². The molecule has 0 atom stereocenters. The molecule has 2 aromatic carbocycles. The summed E-state index contributed by atoms with van der Waals surface area (Å²) in [6.45, 7) is 32.1. The van der Waals surface area contributed by atoms with E-state index in [4.69, 9.17) is 10.5 Å². The van der Waals surface area contributed by atoms with Crippen molar-refractivity contribution in [2.24, 2.45) is 0 Å².